The van der Waals surface area contributed by atoms with E-state index in [-0.39, 0.29) is 6.03 Å². The number of carbonyl (C=O) groups is 1. The van der Waals surface area contributed by atoms with Gasteiger partial charge in [0.2, 0.25) is 0 Å². The highest BCUT2D eigenvalue weighted by Gasteiger charge is 2.44. The third kappa shape index (κ3) is 3.10. The maximum Gasteiger partial charge on any atom is 0.317 e. The number of aryl methyl sites for hydroxylation is 2. The van der Waals surface area contributed by atoms with Gasteiger partial charge in [-0.3, -0.25) is 0 Å². The lowest BCUT2D eigenvalue weighted by Crippen LogP contribution is -2.52. The molecule has 0 atom stereocenters. The number of urea groups is 1. The first-order chi connectivity index (χ1) is 12.0. The number of nitrogens with zero attached hydrogens (tertiary/aromatic N) is 5. The summed E-state index contributed by atoms with van der Waals surface area (Å²) in [5.41, 5.74) is 2.77. The Hall–Kier alpha value is -2.44. The molecule has 1 aliphatic carbocycles. The fraction of sp³-hybridized carbons (Fsp3) is 0.556. The molecule has 7 nitrogen and oxygen atoms in total. The topological polar surface area (TPSA) is 75.9 Å². The Bertz CT molecular complexity index is 742. The van der Waals surface area contributed by atoms with Crippen LogP contribution in [0, 0.1) is 13.8 Å². The molecule has 1 N–H and O–H groups in total. The van der Waals surface area contributed by atoms with E-state index >= 15 is 0 Å². The van der Waals surface area contributed by atoms with Crippen molar-refractivity contribution in [2.45, 2.75) is 51.5 Å². The smallest absolute Gasteiger partial charge is 0.317 e. The maximum atomic E-state index is 12.4. The molecule has 0 spiro atoms. The number of carbonyl (C=O) groups excluding carboxylic acids is 1. The molecule has 1 heterocycles. The second kappa shape index (κ2) is 6.82. The van der Waals surface area contributed by atoms with Crippen LogP contribution < -0.4 is 5.32 Å². The first-order valence-corrected chi connectivity index (χ1v) is 8.81. The largest absolute Gasteiger partial charge is 0.341 e. The summed E-state index contributed by atoms with van der Waals surface area (Å²) in [6, 6.07) is 6.16. The zero-order valence-corrected chi connectivity index (χ0v) is 15.4. The quantitative estimate of drug-likeness (QED) is 0.930. The van der Waals surface area contributed by atoms with Crippen molar-refractivity contribution in [2.75, 3.05) is 14.1 Å². The Labute approximate surface area is 148 Å². The minimum atomic E-state index is -0.487. The molecule has 1 saturated carbocycles. The molecule has 1 aromatic carbocycles. The van der Waals surface area contributed by atoms with Gasteiger partial charge in [-0.15, -0.1) is 5.10 Å². The van der Waals surface area contributed by atoms with Crippen LogP contribution in [0.15, 0.2) is 18.2 Å². The number of tetrazole rings is 1. The van der Waals surface area contributed by atoms with Crippen LogP contribution in [-0.2, 0) is 5.54 Å². The third-order valence-electron chi connectivity index (χ3n) is 5.18. The number of hydrogen-bond donors (Lipinski definition) is 1. The Kier molecular flexibility index (Phi) is 4.74. The van der Waals surface area contributed by atoms with E-state index in [1.165, 1.54) is 6.42 Å². The summed E-state index contributed by atoms with van der Waals surface area (Å²) in [6.45, 7) is 4.13. The number of amides is 2. The van der Waals surface area contributed by atoms with Gasteiger partial charge in [0.15, 0.2) is 5.82 Å². The van der Waals surface area contributed by atoms with E-state index in [2.05, 4.69) is 52.9 Å². The Balaban J connectivity index is 2.12. The van der Waals surface area contributed by atoms with E-state index in [1.54, 1.807) is 16.6 Å². The monoisotopic (exact) mass is 342 g/mol. The molecule has 0 saturated heterocycles. The molecular weight excluding hydrogens is 316 g/mol. The van der Waals surface area contributed by atoms with Gasteiger partial charge in [-0.1, -0.05) is 25.3 Å². The van der Waals surface area contributed by atoms with Gasteiger partial charge in [-0.05, 0) is 60.4 Å². The lowest BCUT2D eigenvalue weighted by Gasteiger charge is -2.43. The highest BCUT2D eigenvalue weighted by atomic mass is 16.2. The molecule has 1 aromatic heterocycles. The highest BCUT2D eigenvalue weighted by molar-refractivity contribution is 5.74. The van der Waals surface area contributed by atoms with Crippen molar-refractivity contribution >= 4 is 6.03 Å². The van der Waals surface area contributed by atoms with Crippen molar-refractivity contribution in [2.24, 2.45) is 0 Å². The van der Waals surface area contributed by atoms with Gasteiger partial charge in [0.25, 0.3) is 0 Å². The van der Waals surface area contributed by atoms with Crippen molar-refractivity contribution in [3.8, 4) is 5.69 Å². The van der Waals surface area contributed by atoms with Gasteiger partial charge >= 0.3 is 6.03 Å². The van der Waals surface area contributed by atoms with E-state index in [0.29, 0.717) is 0 Å². The summed E-state index contributed by atoms with van der Waals surface area (Å²) < 4.78 is 1.80. The molecular formula is C18H26N6O. The van der Waals surface area contributed by atoms with Crippen LogP contribution in [0.25, 0.3) is 5.69 Å². The van der Waals surface area contributed by atoms with Crippen LogP contribution in [0.3, 0.4) is 0 Å². The fourth-order valence-electron chi connectivity index (χ4n) is 3.93. The van der Waals surface area contributed by atoms with Crippen LogP contribution in [0.4, 0.5) is 4.79 Å². The molecule has 3 rings (SSSR count). The molecule has 2 amide bonds. The van der Waals surface area contributed by atoms with Crippen molar-refractivity contribution in [1.82, 2.24) is 30.4 Å². The molecule has 25 heavy (non-hydrogen) atoms. The molecule has 0 aliphatic heterocycles. The van der Waals surface area contributed by atoms with Crippen molar-refractivity contribution in [3.05, 3.63) is 35.2 Å². The van der Waals surface area contributed by atoms with E-state index in [4.69, 9.17) is 0 Å². The first-order valence-electron chi connectivity index (χ1n) is 8.81. The van der Waals surface area contributed by atoms with E-state index < -0.39 is 5.54 Å². The van der Waals surface area contributed by atoms with Crippen LogP contribution in [-0.4, -0.2) is 45.2 Å². The van der Waals surface area contributed by atoms with Crippen LogP contribution in [0.1, 0.15) is 49.1 Å². The molecule has 1 aliphatic rings. The van der Waals surface area contributed by atoms with Gasteiger partial charge in [-0.25, -0.2) is 4.79 Å². The average molecular weight is 342 g/mol. The van der Waals surface area contributed by atoms with Crippen LogP contribution in [0.5, 0.6) is 0 Å². The number of aromatic nitrogens is 4. The molecule has 7 heteroatoms. The van der Waals surface area contributed by atoms with E-state index in [0.717, 1.165) is 48.3 Å². The fourth-order valence-corrected chi connectivity index (χ4v) is 3.93. The lowest BCUT2D eigenvalue weighted by atomic mass is 9.79. The number of nitrogens with one attached hydrogen (secondary N) is 1. The Morgan fingerprint density at radius 2 is 1.80 bits per heavy atom. The number of hydrogen-bond acceptors (Lipinski definition) is 4. The van der Waals surface area contributed by atoms with Gasteiger partial charge < -0.3 is 10.2 Å². The minimum absolute atomic E-state index is 0.114. The number of benzene rings is 1. The van der Waals surface area contributed by atoms with Gasteiger partial charge in [0.05, 0.1) is 5.69 Å². The Morgan fingerprint density at radius 3 is 2.40 bits per heavy atom. The predicted octanol–water partition coefficient (Wildman–Crippen LogP) is 2.71. The zero-order chi connectivity index (χ0) is 18.0. The third-order valence-corrected chi connectivity index (χ3v) is 5.18. The standard InChI is InChI=1S/C18H26N6O/c1-13-10-14(2)12-15(11-13)24-16(20-21-22-24)18(8-6-5-7-9-18)23(4)17(25)19-3/h10-12H,5-9H2,1-4H3,(H,19,25). The molecule has 2 aromatic rings. The van der Waals surface area contributed by atoms with Gasteiger partial charge in [-0.2, -0.15) is 4.68 Å². The van der Waals surface area contributed by atoms with Crippen LogP contribution in [0.2, 0.25) is 0 Å². The van der Waals surface area contributed by atoms with E-state index in [1.807, 2.05) is 7.05 Å². The molecule has 0 bridgehead atoms. The summed E-state index contributed by atoms with van der Waals surface area (Å²) in [6.07, 6.45) is 5.01. The summed E-state index contributed by atoms with van der Waals surface area (Å²) in [4.78, 5) is 14.2. The Morgan fingerprint density at radius 1 is 1.16 bits per heavy atom. The summed E-state index contributed by atoms with van der Waals surface area (Å²) in [7, 11) is 3.49. The number of rotatable bonds is 3. The first kappa shape index (κ1) is 17.4. The SMILES string of the molecule is CNC(=O)N(C)C1(c2nnnn2-c2cc(C)cc(C)c2)CCCCC1. The van der Waals surface area contributed by atoms with E-state index in [9.17, 15) is 4.79 Å². The summed E-state index contributed by atoms with van der Waals surface area (Å²) in [5, 5.41) is 15.3. The highest BCUT2D eigenvalue weighted by Crippen LogP contribution is 2.41. The van der Waals surface area contributed by atoms with Crippen molar-refractivity contribution in [1.29, 1.82) is 0 Å². The second-order valence-electron chi connectivity index (χ2n) is 6.97. The summed E-state index contributed by atoms with van der Waals surface area (Å²) >= 11 is 0. The maximum absolute atomic E-state index is 12.4. The lowest BCUT2D eigenvalue weighted by molar-refractivity contribution is 0.0873. The normalized spacial score (nSPS) is 16.5. The zero-order valence-electron chi connectivity index (χ0n) is 15.4. The van der Waals surface area contributed by atoms with Gasteiger partial charge in [0.1, 0.15) is 5.54 Å². The second-order valence-corrected chi connectivity index (χ2v) is 6.97. The molecule has 1 fully saturated rings. The van der Waals surface area contributed by atoms with Crippen molar-refractivity contribution in [3.63, 3.8) is 0 Å². The average Bonchev–Trinajstić information content (AvgIpc) is 3.10. The predicted molar refractivity (Wildman–Crippen MR) is 95.6 cm³/mol. The van der Waals surface area contributed by atoms with Crippen molar-refractivity contribution < 1.29 is 4.79 Å². The van der Waals surface area contributed by atoms with Gasteiger partial charge in [0, 0.05) is 14.1 Å². The molecule has 0 unspecified atom stereocenters. The molecule has 0 radical (unpaired) electrons. The molecule has 134 valence electrons. The van der Waals surface area contributed by atoms with Crippen LogP contribution >= 0.6 is 0 Å². The summed E-state index contributed by atoms with van der Waals surface area (Å²) in [5.74, 6) is 0.739. The minimum Gasteiger partial charge on any atom is -0.341 e.